The molecular formula is C7H16OS3. The summed E-state index contributed by atoms with van der Waals surface area (Å²) in [5, 5.41) is 0. The van der Waals surface area contributed by atoms with E-state index in [9.17, 15) is 4.21 Å². The van der Waals surface area contributed by atoms with E-state index in [1.54, 1.807) is 29.8 Å². The molecule has 11 heavy (non-hydrogen) atoms. The highest BCUT2D eigenvalue weighted by molar-refractivity contribution is 8.29. The Kier molecular flexibility index (Phi) is 5.91. The average molecular weight is 212 g/mol. The van der Waals surface area contributed by atoms with Gasteiger partial charge in [-0.2, -0.15) is 0 Å². The molecule has 0 aliphatic rings. The molecule has 0 spiro atoms. The largest absolute Gasteiger partial charge is 0.258 e. The van der Waals surface area contributed by atoms with Crippen LogP contribution in [-0.2, 0) is 10.8 Å². The summed E-state index contributed by atoms with van der Waals surface area (Å²) in [5.41, 5.74) is 0. The Morgan fingerprint density at radius 2 is 1.64 bits per heavy atom. The Hall–Kier alpha value is 0.850. The monoisotopic (exact) mass is 212 g/mol. The summed E-state index contributed by atoms with van der Waals surface area (Å²) < 4.78 is 11.2. The van der Waals surface area contributed by atoms with Crippen molar-refractivity contribution in [3.05, 3.63) is 0 Å². The van der Waals surface area contributed by atoms with Gasteiger partial charge in [-0.15, -0.1) is 23.5 Å². The zero-order valence-electron chi connectivity index (χ0n) is 7.55. The third-order valence-electron chi connectivity index (χ3n) is 1.34. The maximum atomic E-state index is 11.3. The lowest BCUT2D eigenvalue weighted by molar-refractivity contribution is 0.684. The Bertz CT molecular complexity index is 130. The van der Waals surface area contributed by atoms with Crippen LogP contribution in [0.15, 0.2) is 0 Å². The van der Waals surface area contributed by atoms with Crippen molar-refractivity contribution < 1.29 is 4.21 Å². The molecule has 68 valence electrons. The zero-order valence-corrected chi connectivity index (χ0v) is 10.00. The van der Waals surface area contributed by atoms with Crippen LogP contribution >= 0.6 is 23.5 Å². The maximum Gasteiger partial charge on any atom is 0.133 e. The fraction of sp³-hybridized carbons (Fsp3) is 1.00. The second-order valence-corrected chi connectivity index (χ2v) is 8.05. The minimum absolute atomic E-state index is 0.0938. The first-order valence-corrected chi connectivity index (χ1v) is 7.21. The molecule has 0 bridgehead atoms. The molecule has 0 aromatic heterocycles. The molecule has 1 atom stereocenters. The second-order valence-electron chi connectivity index (χ2n) is 2.18. The summed E-state index contributed by atoms with van der Waals surface area (Å²) in [6.45, 7) is 6.27. The minimum Gasteiger partial charge on any atom is -0.258 e. The van der Waals surface area contributed by atoms with Gasteiger partial charge in [-0.05, 0) is 18.4 Å². The number of hydrogen-bond donors (Lipinski definition) is 0. The van der Waals surface area contributed by atoms with Crippen molar-refractivity contribution in [2.45, 2.75) is 24.2 Å². The van der Waals surface area contributed by atoms with Gasteiger partial charge in [-0.3, -0.25) is 4.21 Å². The minimum atomic E-state index is -0.743. The molecule has 0 rings (SSSR count). The summed E-state index contributed by atoms with van der Waals surface area (Å²) in [6.07, 6.45) is 1.78. The number of thioether (sulfide) groups is 2. The highest BCUT2D eigenvalue weighted by atomic mass is 32.3. The van der Waals surface area contributed by atoms with Crippen molar-refractivity contribution in [1.82, 2.24) is 0 Å². The molecule has 0 heterocycles. The van der Waals surface area contributed by atoms with E-state index in [1.807, 2.05) is 0 Å². The molecular weight excluding hydrogens is 196 g/mol. The third-order valence-corrected chi connectivity index (χ3v) is 6.83. The normalized spacial score (nSPS) is 14.9. The van der Waals surface area contributed by atoms with Crippen LogP contribution in [0.1, 0.15) is 20.8 Å². The van der Waals surface area contributed by atoms with E-state index in [4.69, 9.17) is 0 Å². The van der Waals surface area contributed by atoms with Gasteiger partial charge in [0.2, 0.25) is 0 Å². The van der Waals surface area contributed by atoms with Crippen LogP contribution in [0.2, 0.25) is 0 Å². The van der Waals surface area contributed by atoms with E-state index >= 15 is 0 Å². The zero-order chi connectivity index (χ0) is 8.91. The van der Waals surface area contributed by atoms with E-state index in [2.05, 4.69) is 20.8 Å². The van der Waals surface area contributed by atoms with Crippen LogP contribution in [-0.4, -0.2) is 25.4 Å². The molecule has 0 saturated heterocycles. The van der Waals surface area contributed by atoms with Crippen molar-refractivity contribution in [2.75, 3.05) is 17.8 Å². The van der Waals surface area contributed by atoms with Crippen molar-refractivity contribution in [3.63, 3.8) is 0 Å². The summed E-state index contributed by atoms with van der Waals surface area (Å²) in [6, 6.07) is 0. The Morgan fingerprint density at radius 3 is 1.82 bits per heavy atom. The van der Waals surface area contributed by atoms with Gasteiger partial charge in [0.05, 0.1) is 0 Å². The summed E-state index contributed by atoms with van der Waals surface area (Å²) in [5.74, 6) is 2.06. The van der Waals surface area contributed by atoms with Crippen molar-refractivity contribution in [3.8, 4) is 0 Å². The van der Waals surface area contributed by atoms with Gasteiger partial charge in [-0.25, -0.2) is 0 Å². The van der Waals surface area contributed by atoms with Crippen molar-refractivity contribution >= 4 is 34.3 Å². The van der Waals surface area contributed by atoms with Gasteiger partial charge in [0.1, 0.15) is 3.41 Å². The summed E-state index contributed by atoms with van der Waals surface area (Å²) in [4.78, 5) is 0. The van der Waals surface area contributed by atoms with Crippen molar-refractivity contribution in [2.24, 2.45) is 0 Å². The predicted molar refractivity (Wildman–Crippen MR) is 58.7 cm³/mol. The molecule has 4 heteroatoms. The molecule has 0 radical (unpaired) electrons. The Labute approximate surface area is 80.5 Å². The van der Waals surface area contributed by atoms with Gasteiger partial charge < -0.3 is 0 Å². The summed E-state index contributed by atoms with van der Waals surface area (Å²) >= 11 is 3.55. The van der Waals surface area contributed by atoms with Gasteiger partial charge >= 0.3 is 0 Å². The smallest absolute Gasteiger partial charge is 0.133 e. The SMILES string of the molecule is CCSC(C)(SCC)S(C)=O. The molecule has 0 aliphatic carbocycles. The standard InChI is InChI=1S/C7H16OS3/c1-5-9-7(3,10-6-2)11(4)8/h5-6H2,1-4H3. The van der Waals surface area contributed by atoms with E-state index < -0.39 is 10.8 Å². The van der Waals surface area contributed by atoms with Gasteiger partial charge in [0.25, 0.3) is 0 Å². The predicted octanol–water partition coefficient (Wildman–Crippen LogP) is 2.54. The molecule has 0 aromatic carbocycles. The molecule has 0 amide bonds. The van der Waals surface area contributed by atoms with Crippen LogP contribution < -0.4 is 0 Å². The lowest BCUT2D eigenvalue weighted by Gasteiger charge is -2.24. The molecule has 0 saturated carbocycles. The first-order chi connectivity index (χ1) is 5.06. The summed E-state index contributed by atoms with van der Waals surface area (Å²) in [7, 11) is -0.743. The third kappa shape index (κ3) is 3.85. The van der Waals surface area contributed by atoms with Gasteiger partial charge in [0, 0.05) is 17.1 Å². The maximum absolute atomic E-state index is 11.3. The topological polar surface area (TPSA) is 17.1 Å². The number of rotatable bonds is 5. The fourth-order valence-electron chi connectivity index (χ4n) is 0.732. The average Bonchev–Trinajstić information content (AvgIpc) is 1.88. The van der Waals surface area contributed by atoms with E-state index in [0.29, 0.717) is 0 Å². The van der Waals surface area contributed by atoms with E-state index in [-0.39, 0.29) is 3.41 Å². The fourth-order valence-corrected chi connectivity index (χ4v) is 4.86. The second kappa shape index (κ2) is 5.49. The quantitative estimate of drug-likeness (QED) is 0.652. The Morgan fingerprint density at radius 1 is 1.27 bits per heavy atom. The molecule has 0 aliphatic heterocycles. The first-order valence-electron chi connectivity index (χ1n) is 3.68. The first kappa shape index (κ1) is 11.8. The number of hydrogen-bond acceptors (Lipinski definition) is 3. The highest BCUT2D eigenvalue weighted by Gasteiger charge is 2.28. The lowest BCUT2D eigenvalue weighted by Crippen LogP contribution is -2.21. The molecule has 0 fully saturated rings. The highest BCUT2D eigenvalue weighted by Crippen LogP contribution is 2.38. The van der Waals surface area contributed by atoms with Crippen LogP contribution in [0.5, 0.6) is 0 Å². The van der Waals surface area contributed by atoms with Gasteiger partial charge in [0.15, 0.2) is 0 Å². The van der Waals surface area contributed by atoms with Crippen molar-refractivity contribution in [1.29, 1.82) is 0 Å². The lowest BCUT2D eigenvalue weighted by atomic mass is 10.9. The molecule has 0 aromatic rings. The molecule has 1 unspecified atom stereocenters. The van der Waals surface area contributed by atoms with Crippen LogP contribution in [0, 0.1) is 0 Å². The molecule has 0 N–H and O–H groups in total. The van der Waals surface area contributed by atoms with E-state index in [1.165, 1.54) is 0 Å². The van der Waals surface area contributed by atoms with Crippen LogP contribution in [0.3, 0.4) is 0 Å². The molecule has 1 nitrogen and oxygen atoms in total. The Balaban J connectivity index is 4.13. The van der Waals surface area contributed by atoms with Crippen LogP contribution in [0.25, 0.3) is 0 Å². The van der Waals surface area contributed by atoms with Crippen LogP contribution in [0.4, 0.5) is 0 Å². The van der Waals surface area contributed by atoms with E-state index in [0.717, 1.165) is 11.5 Å². The van der Waals surface area contributed by atoms with Gasteiger partial charge in [-0.1, -0.05) is 13.8 Å².